The Balaban J connectivity index is 4.16. The zero-order valence-corrected chi connectivity index (χ0v) is 10.6. The maximum atomic E-state index is 11.8. The summed E-state index contributed by atoms with van der Waals surface area (Å²) in [6.07, 6.45) is 0. The molecule has 0 heterocycles. The van der Waals surface area contributed by atoms with Crippen molar-refractivity contribution >= 4 is 23.1 Å². The number of carbonyl (C=O) groups excluding carboxylic acids is 1. The molecule has 0 bridgehead atoms. The van der Waals surface area contributed by atoms with E-state index in [2.05, 4.69) is 0 Å². The summed E-state index contributed by atoms with van der Waals surface area (Å²) in [5.41, 5.74) is 5.45. The molecule has 0 aromatic heterocycles. The first-order valence-electron chi connectivity index (χ1n) is 5.33. The predicted octanol–water partition coefficient (Wildman–Crippen LogP) is 0.463. The lowest BCUT2D eigenvalue weighted by Crippen LogP contribution is -2.42. The molecule has 1 amide bonds. The molecule has 0 aromatic rings. The van der Waals surface area contributed by atoms with E-state index in [0.29, 0.717) is 18.1 Å². The second-order valence-corrected chi connectivity index (χ2v) is 3.86. The van der Waals surface area contributed by atoms with Gasteiger partial charge < -0.3 is 10.6 Å². The summed E-state index contributed by atoms with van der Waals surface area (Å²) in [6.45, 7) is 9.14. The minimum Gasteiger partial charge on any atom is -0.392 e. The van der Waals surface area contributed by atoms with Crippen LogP contribution in [0.5, 0.6) is 0 Å². The van der Waals surface area contributed by atoms with Gasteiger partial charge in [-0.1, -0.05) is 19.1 Å². The van der Waals surface area contributed by atoms with Gasteiger partial charge in [0.05, 0.1) is 11.5 Å². The molecule has 0 unspecified atom stereocenters. The van der Waals surface area contributed by atoms with Gasteiger partial charge in [-0.3, -0.25) is 9.69 Å². The molecule has 15 heavy (non-hydrogen) atoms. The molecule has 0 aliphatic heterocycles. The van der Waals surface area contributed by atoms with E-state index in [1.165, 1.54) is 0 Å². The molecule has 5 heteroatoms. The van der Waals surface area contributed by atoms with Crippen molar-refractivity contribution < 1.29 is 4.79 Å². The van der Waals surface area contributed by atoms with Gasteiger partial charge in [0.2, 0.25) is 5.91 Å². The monoisotopic (exact) mass is 231 g/mol. The highest BCUT2D eigenvalue weighted by atomic mass is 32.1. The molecule has 0 fully saturated rings. The molecule has 0 saturated heterocycles. The molecule has 0 rings (SSSR count). The predicted molar refractivity (Wildman–Crippen MR) is 66.8 cm³/mol. The Bertz CT molecular complexity index is 217. The molecular formula is C10H21N3OS. The van der Waals surface area contributed by atoms with Gasteiger partial charge in [0, 0.05) is 19.6 Å². The Morgan fingerprint density at radius 2 is 1.67 bits per heavy atom. The van der Waals surface area contributed by atoms with Crippen LogP contribution in [0.15, 0.2) is 0 Å². The molecule has 0 aliphatic rings. The van der Waals surface area contributed by atoms with Crippen molar-refractivity contribution in [1.29, 1.82) is 0 Å². The van der Waals surface area contributed by atoms with E-state index in [-0.39, 0.29) is 5.91 Å². The lowest BCUT2D eigenvalue weighted by atomic mass is 10.4. The first-order valence-corrected chi connectivity index (χ1v) is 5.74. The minimum atomic E-state index is 0.137. The summed E-state index contributed by atoms with van der Waals surface area (Å²) in [4.78, 5) is 15.9. The van der Waals surface area contributed by atoms with Crippen LogP contribution >= 0.6 is 12.2 Å². The molecule has 0 saturated carbocycles. The van der Waals surface area contributed by atoms with Gasteiger partial charge in [-0.2, -0.15) is 0 Å². The maximum Gasteiger partial charge on any atom is 0.236 e. The third-order valence-electron chi connectivity index (χ3n) is 2.30. The third-order valence-corrected chi connectivity index (χ3v) is 2.43. The van der Waals surface area contributed by atoms with Crippen LogP contribution in [-0.2, 0) is 4.79 Å². The first kappa shape index (κ1) is 14.3. The van der Waals surface area contributed by atoms with E-state index >= 15 is 0 Å². The highest BCUT2D eigenvalue weighted by molar-refractivity contribution is 7.80. The van der Waals surface area contributed by atoms with E-state index in [1.54, 1.807) is 0 Å². The van der Waals surface area contributed by atoms with Crippen molar-refractivity contribution in [3.8, 4) is 0 Å². The van der Waals surface area contributed by atoms with Crippen LogP contribution in [0, 0.1) is 0 Å². The largest absolute Gasteiger partial charge is 0.392 e. The van der Waals surface area contributed by atoms with Crippen LogP contribution in [0.3, 0.4) is 0 Å². The number of thiocarbonyl (C=S) groups is 1. The van der Waals surface area contributed by atoms with Crippen LogP contribution in [0.1, 0.15) is 20.8 Å². The van der Waals surface area contributed by atoms with Gasteiger partial charge in [0.15, 0.2) is 0 Å². The van der Waals surface area contributed by atoms with Crippen LogP contribution < -0.4 is 5.73 Å². The highest BCUT2D eigenvalue weighted by Crippen LogP contribution is 1.94. The molecule has 2 N–H and O–H groups in total. The van der Waals surface area contributed by atoms with Crippen LogP contribution in [0.2, 0.25) is 0 Å². The molecule has 0 spiro atoms. The molecular weight excluding hydrogens is 210 g/mol. The van der Waals surface area contributed by atoms with E-state index in [9.17, 15) is 4.79 Å². The van der Waals surface area contributed by atoms with Crippen LogP contribution in [0.4, 0.5) is 0 Å². The van der Waals surface area contributed by atoms with Crippen molar-refractivity contribution in [3.05, 3.63) is 0 Å². The average molecular weight is 231 g/mol. The zero-order chi connectivity index (χ0) is 11.8. The van der Waals surface area contributed by atoms with Crippen molar-refractivity contribution in [3.63, 3.8) is 0 Å². The zero-order valence-electron chi connectivity index (χ0n) is 9.82. The van der Waals surface area contributed by atoms with Crippen molar-refractivity contribution in [2.75, 3.05) is 32.7 Å². The van der Waals surface area contributed by atoms with Crippen molar-refractivity contribution in [2.45, 2.75) is 20.8 Å². The molecule has 0 aromatic carbocycles. The quantitative estimate of drug-likeness (QED) is 0.647. The normalized spacial score (nSPS) is 10.4. The van der Waals surface area contributed by atoms with E-state index in [0.717, 1.165) is 19.6 Å². The summed E-state index contributed by atoms with van der Waals surface area (Å²) in [6, 6.07) is 0. The second kappa shape index (κ2) is 7.59. The number of nitrogens with two attached hydrogens (primary N) is 1. The fourth-order valence-corrected chi connectivity index (χ4v) is 1.55. The lowest BCUT2D eigenvalue weighted by molar-refractivity contribution is -0.131. The van der Waals surface area contributed by atoms with E-state index in [1.807, 2.05) is 30.6 Å². The van der Waals surface area contributed by atoms with Crippen LogP contribution in [0.25, 0.3) is 0 Å². The lowest BCUT2D eigenvalue weighted by Gasteiger charge is -2.24. The Labute approximate surface area is 97.4 Å². The molecule has 88 valence electrons. The van der Waals surface area contributed by atoms with Gasteiger partial charge in [-0.25, -0.2) is 0 Å². The van der Waals surface area contributed by atoms with Crippen LogP contribution in [-0.4, -0.2) is 53.4 Å². The summed E-state index contributed by atoms with van der Waals surface area (Å²) >= 11 is 4.82. The van der Waals surface area contributed by atoms with Gasteiger partial charge in [-0.05, 0) is 20.4 Å². The van der Waals surface area contributed by atoms with E-state index in [4.69, 9.17) is 18.0 Å². The number of likely N-dealkylation sites (N-methyl/N-ethyl adjacent to an activating group) is 2. The number of rotatable bonds is 7. The molecule has 0 aliphatic carbocycles. The number of hydrogen-bond donors (Lipinski definition) is 1. The Kier molecular flexibility index (Phi) is 7.25. The fourth-order valence-electron chi connectivity index (χ4n) is 1.37. The Hall–Kier alpha value is -0.680. The van der Waals surface area contributed by atoms with Gasteiger partial charge in [-0.15, -0.1) is 0 Å². The molecule has 0 atom stereocenters. The number of amides is 1. The Morgan fingerprint density at radius 3 is 2.00 bits per heavy atom. The third kappa shape index (κ3) is 5.69. The maximum absolute atomic E-state index is 11.8. The van der Waals surface area contributed by atoms with Gasteiger partial charge in [0.1, 0.15) is 0 Å². The average Bonchev–Trinajstić information content (AvgIpc) is 2.17. The summed E-state index contributed by atoms with van der Waals surface area (Å²) in [5.74, 6) is 0.137. The van der Waals surface area contributed by atoms with Gasteiger partial charge in [0.25, 0.3) is 0 Å². The number of nitrogens with zero attached hydrogens (tertiary/aromatic N) is 2. The number of hydrogen-bond acceptors (Lipinski definition) is 3. The fraction of sp³-hybridized carbons (Fsp3) is 0.800. The Morgan fingerprint density at radius 1 is 1.13 bits per heavy atom. The first-order chi connectivity index (χ1) is 7.04. The summed E-state index contributed by atoms with van der Waals surface area (Å²) in [7, 11) is 0. The topological polar surface area (TPSA) is 49.6 Å². The second-order valence-electron chi connectivity index (χ2n) is 3.34. The van der Waals surface area contributed by atoms with Crippen molar-refractivity contribution in [1.82, 2.24) is 9.80 Å². The summed E-state index contributed by atoms with van der Waals surface area (Å²) < 4.78 is 0. The van der Waals surface area contributed by atoms with Gasteiger partial charge >= 0.3 is 0 Å². The summed E-state index contributed by atoms with van der Waals surface area (Å²) in [5, 5.41) is 0. The minimum absolute atomic E-state index is 0.137. The molecule has 0 radical (unpaired) electrons. The van der Waals surface area contributed by atoms with Crippen molar-refractivity contribution in [2.24, 2.45) is 5.73 Å². The standard InChI is InChI=1S/C10H21N3OS/c1-4-12(7-9(11)15)8-10(14)13(5-2)6-3/h4-8H2,1-3H3,(H2,11,15). The number of carbonyl (C=O) groups is 1. The molecule has 4 nitrogen and oxygen atoms in total. The highest BCUT2D eigenvalue weighted by Gasteiger charge is 2.13. The SMILES string of the molecule is CCN(CC(=O)N(CC)CC)CC(N)=S. The smallest absolute Gasteiger partial charge is 0.236 e. The van der Waals surface area contributed by atoms with E-state index < -0.39 is 0 Å².